The second-order valence-corrected chi connectivity index (χ2v) is 4.48. The molecule has 1 aliphatic heterocycles. The Kier molecular flexibility index (Phi) is 6.38. The molecule has 86 valence electrons. The van der Waals surface area contributed by atoms with Gasteiger partial charge < -0.3 is 10.2 Å². The van der Waals surface area contributed by atoms with Crippen molar-refractivity contribution in [2.75, 3.05) is 33.2 Å². The molecule has 0 spiro atoms. The Morgan fingerprint density at radius 2 is 2.33 bits per heavy atom. The summed E-state index contributed by atoms with van der Waals surface area (Å²) in [5.41, 5.74) is 0. The lowest BCUT2D eigenvalue weighted by Gasteiger charge is -2.32. The number of piperidine rings is 1. The first-order valence-corrected chi connectivity index (χ1v) is 6.10. The second kappa shape index (κ2) is 7.67. The third kappa shape index (κ3) is 5.15. The van der Waals surface area contributed by atoms with Gasteiger partial charge in [0.1, 0.15) is 0 Å². The zero-order valence-electron chi connectivity index (χ0n) is 9.84. The summed E-state index contributed by atoms with van der Waals surface area (Å²) in [6.45, 7) is 4.83. The highest BCUT2D eigenvalue weighted by atomic mass is 15.1. The molecular weight excluding hydrogens is 186 g/mol. The van der Waals surface area contributed by atoms with Gasteiger partial charge >= 0.3 is 0 Å². The van der Waals surface area contributed by atoms with Crippen molar-refractivity contribution in [1.29, 1.82) is 5.26 Å². The van der Waals surface area contributed by atoms with Gasteiger partial charge in [-0.05, 0) is 58.3 Å². The predicted molar refractivity (Wildman–Crippen MR) is 62.6 cm³/mol. The summed E-state index contributed by atoms with van der Waals surface area (Å²) in [4.78, 5) is 2.56. The molecule has 0 saturated carbocycles. The molecule has 1 aliphatic rings. The maximum Gasteiger partial charge on any atom is 0.0621 e. The first-order valence-electron chi connectivity index (χ1n) is 6.10. The number of likely N-dealkylation sites (tertiary alicyclic amines) is 1. The summed E-state index contributed by atoms with van der Waals surface area (Å²) in [6.07, 6.45) is 5.66. The van der Waals surface area contributed by atoms with E-state index < -0.39 is 0 Å². The third-order valence-corrected chi connectivity index (χ3v) is 3.11. The lowest BCUT2D eigenvalue weighted by Crippen LogP contribution is -2.39. The van der Waals surface area contributed by atoms with Crippen molar-refractivity contribution in [2.24, 2.45) is 5.92 Å². The van der Waals surface area contributed by atoms with E-state index in [2.05, 4.69) is 16.3 Å². The molecule has 0 aromatic carbocycles. The van der Waals surface area contributed by atoms with E-state index in [-0.39, 0.29) is 0 Å². The van der Waals surface area contributed by atoms with E-state index in [4.69, 9.17) is 5.26 Å². The molecule has 3 nitrogen and oxygen atoms in total. The number of hydrogen-bond acceptors (Lipinski definition) is 3. The van der Waals surface area contributed by atoms with Crippen LogP contribution in [0.5, 0.6) is 0 Å². The summed E-state index contributed by atoms with van der Waals surface area (Å²) in [6, 6.07) is 2.21. The fraction of sp³-hybridized carbons (Fsp3) is 0.917. The minimum atomic E-state index is 0.716. The summed E-state index contributed by atoms with van der Waals surface area (Å²) < 4.78 is 0. The predicted octanol–water partition coefficient (Wildman–Crippen LogP) is 1.61. The first kappa shape index (κ1) is 12.5. The standard InChI is InChI=1S/C12H23N3/c1-14-10-12-6-5-9-15(11-12)8-4-2-3-7-13/h12,14H,2-6,8-11H2,1H3. The topological polar surface area (TPSA) is 39.1 Å². The van der Waals surface area contributed by atoms with Gasteiger partial charge in [-0.15, -0.1) is 0 Å². The Hall–Kier alpha value is -0.590. The Bertz CT molecular complexity index is 196. The van der Waals surface area contributed by atoms with E-state index in [1.165, 1.54) is 38.9 Å². The van der Waals surface area contributed by atoms with Gasteiger partial charge in [-0.25, -0.2) is 0 Å². The van der Waals surface area contributed by atoms with Crippen LogP contribution >= 0.6 is 0 Å². The van der Waals surface area contributed by atoms with Crippen LogP contribution in [0.25, 0.3) is 0 Å². The monoisotopic (exact) mass is 209 g/mol. The number of rotatable bonds is 6. The van der Waals surface area contributed by atoms with Crippen LogP contribution in [0, 0.1) is 17.2 Å². The molecule has 3 heteroatoms. The Balaban J connectivity index is 2.10. The van der Waals surface area contributed by atoms with Gasteiger partial charge in [-0.3, -0.25) is 0 Å². The molecular formula is C12H23N3. The fourth-order valence-electron chi connectivity index (χ4n) is 2.35. The van der Waals surface area contributed by atoms with Crippen LogP contribution in [-0.2, 0) is 0 Å². The number of nitrogens with zero attached hydrogens (tertiary/aromatic N) is 2. The zero-order chi connectivity index (χ0) is 10.9. The Morgan fingerprint density at radius 1 is 1.47 bits per heavy atom. The van der Waals surface area contributed by atoms with E-state index in [1.807, 2.05) is 7.05 Å². The van der Waals surface area contributed by atoms with E-state index in [0.29, 0.717) is 6.42 Å². The molecule has 1 atom stereocenters. The van der Waals surface area contributed by atoms with Gasteiger partial charge in [-0.1, -0.05) is 0 Å². The summed E-state index contributed by atoms with van der Waals surface area (Å²) >= 11 is 0. The van der Waals surface area contributed by atoms with Gasteiger partial charge in [0, 0.05) is 13.0 Å². The van der Waals surface area contributed by atoms with E-state index in [0.717, 1.165) is 18.9 Å². The SMILES string of the molecule is CNCC1CCCN(CCCCC#N)C1. The summed E-state index contributed by atoms with van der Waals surface area (Å²) in [5.74, 6) is 0.833. The number of nitrogens with one attached hydrogen (secondary N) is 1. The molecule has 0 amide bonds. The number of hydrogen-bond donors (Lipinski definition) is 1. The van der Waals surface area contributed by atoms with Crippen LogP contribution < -0.4 is 5.32 Å². The highest BCUT2D eigenvalue weighted by Gasteiger charge is 2.18. The van der Waals surface area contributed by atoms with E-state index >= 15 is 0 Å². The minimum Gasteiger partial charge on any atom is -0.319 e. The minimum absolute atomic E-state index is 0.716. The zero-order valence-corrected chi connectivity index (χ0v) is 9.84. The maximum absolute atomic E-state index is 8.44. The van der Waals surface area contributed by atoms with Gasteiger partial charge in [0.2, 0.25) is 0 Å². The van der Waals surface area contributed by atoms with Crippen LogP contribution in [0.1, 0.15) is 32.1 Å². The number of unbranched alkanes of at least 4 members (excludes halogenated alkanes) is 2. The van der Waals surface area contributed by atoms with Crippen molar-refractivity contribution in [2.45, 2.75) is 32.1 Å². The van der Waals surface area contributed by atoms with Crippen molar-refractivity contribution >= 4 is 0 Å². The highest BCUT2D eigenvalue weighted by molar-refractivity contribution is 4.75. The normalized spacial score (nSPS) is 22.5. The van der Waals surface area contributed by atoms with Gasteiger partial charge in [0.05, 0.1) is 6.07 Å². The average molecular weight is 209 g/mol. The van der Waals surface area contributed by atoms with Crippen molar-refractivity contribution in [1.82, 2.24) is 10.2 Å². The van der Waals surface area contributed by atoms with Gasteiger partial charge in [0.15, 0.2) is 0 Å². The van der Waals surface area contributed by atoms with Crippen LogP contribution in [0.3, 0.4) is 0 Å². The first-order chi connectivity index (χ1) is 7.36. The van der Waals surface area contributed by atoms with Gasteiger partial charge in [0.25, 0.3) is 0 Å². The number of nitriles is 1. The fourth-order valence-corrected chi connectivity index (χ4v) is 2.35. The molecule has 1 heterocycles. The van der Waals surface area contributed by atoms with Crippen LogP contribution in [0.15, 0.2) is 0 Å². The van der Waals surface area contributed by atoms with Crippen LogP contribution in [-0.4, -0.2) is 38.1 Å². The second-order valence-electron chi connectivity index (χ2n) is 4.48. The Morgan fingerprint density at radius 3 is 3.07 bits per heavy atom. The lowest BCUT2D eigenvalue weighted by atomic mass is 9.98. The molecule has 0 aliphatic carbocycles. The molecule has 1 rings (SSSR count). The molecule has 0 radical (unpaired) electrons. The van der Waals surface area contributed by atoms with Crippen molar-refractivity contribution in [3.05, 3.63) is 0 Å². The van der Waals surface area contributed by atoms with Gasteiger partial charge in [-0.2, -0.15) is 5.26 Å². The van der Waals surface area contributed by atoms with Crippen LogP contribution in [0.4, 0.5) is 0 Å². The summed E-state index contributed by atoms with van der Waals surface area (Å²) in [7, 11) is 2.03. The molecule has 0 bridgehead atoms. The van der Waals surface area contributed by atoms with Crippen molar-refractivity contribution < 1.29 is 0 Å². The molecule has 15 heavy (non-hydrogen) atoms. The smallest absolute Gasteiger partial charge is 0.0621 e. The molecule has 1 unspecified atom stereocenters. The van der Waals surface area contributed by atoms with Crippen molar-refractivity contribution in [3.8, 4) is 6.07 Å². The largest absolute Gasteiger partial charge is 0.319 e. The Labute approximate surface area is 93.5 Å². The molecule has 0 aromatic rings. The molecule has 1 N–H and O–H groups in total. The molecule has 1 saturated heterocycles. The van der Waals surface area contributed by atoms with Crippen LogP contribution in [0.2, 0.25) is 0 Å². The van der Waals surface area contributed by atoms with E-state index in [1.54, 1.807) is 0 Å². The molecule has 1 fully saturated rings. The third-order valence-electron chi connectivity index (χ3n) is 3.11. The lowest BCUT2D eigenvalue weighted by molar-refractivity contribution is 0.171. The quantitative estimate of drug-likeness (QED) is 0.676. The van der Waals surface area contributed by atoms with E-state index in [9.17, 15) is 0 Å². The average Bonchev–Trinajstić information content (AvgIpc) is 2.26. The summed E-state index contributed by atoms with van der Waals surface area (Å²) in [5, 5.41) is 11.7. The molecule has 0 aromatic heterocycles. The maximum atomic E-state index is 8.44. The van der Waals surface area contributed by atoms with Crippen molar-refractivity contribution in [3.63, 3.8) is 0 Å². The highest BCUT2D eigenvalue weighted by Crippen LogP contribution is 2.16.